The number of rotatable bonds is 4. The lowest BCUT2D eigenvalue weighted by Gasteiger charge is -2.37. The highest BCUT2D eigenvalue weighted by atomic mass is 32.2. The van der Waals surface area contributed by atoms with E-state index < -0.39 is 21.6 Å². The van der Waals surface area contributed by atoms with E-state index in [2.05, 4.69) is 5.32 Å². The van der Waals surface area contributed by atoms with E-state index in [1.807, 2.05) is 13.0 Å². The number of amides is 4. The van der Waals surface area contributed by atoms with Crippen molar-refractivity contribution in [3.8, 4) is 0 Å². The summed E-state index contributed by atoms with van der Waals surface area (Å²) in [5, 5.41) is 2.87. The van der Waals surface area contributed by atoms with Crippen molar-refractivity contribution >= 4 is 27.9 Å². The van der Waals surface area contributed by atoms with Crippen molar-refractivity contribution in [2.45, 2.75) is 62.3 Å². The molecule has 1 N–H and O–H groups in total. The van der Waals surface area contributed by atoms with Gasteiger partial charge in [-0.1, -0.05) is 25.8 Å². The molecule has 4 aliphatic rings. The summed E-state index contributed by atoms with van der Waals surface area (Å²) in [7, 11) is -3.63. The molecule has 9 nitrogen and oxygen atoms in total. The van der Waals surface area contributed by atoms with Gasteiger partial charge in [-0.2, -0.15) is 4.31 Å². The smallest absolute Gasteiger partial charge is 0.325 e. The fourth-order valence-electron chi connectivity index (χ4n) is 5.91. The molecule has 2 saturated heterocycles. The fraction of sp³-hybridized carbons (Fsp3) is 0.625. The number of imide groups is 1. The molecular weight excluding hydrogens is 456 g/mol. The molecule has 3 fully saturated rings. The molecule has 34 heavy (non-hydrogen) atoms. The van der Waals surface area contributed by atoms with Crippen molar-refractivity contribution in [3.05, 3.63) is 29.3 Å². The highest BCUT2D eigenvalue weighted by Gasteiger charge is 2.55. The molecule has 1 aromatic carbocycles. The number of nitrogens with one attached hydrogen (secondary N) is 1. The largest absolute Gasteiger partial charge is 0.338 e. The molecule has 184 valence electrons. The fourth-order valence-corrected chi connectivity index (χ4v) is 7.38. The number of urea groups is 1. The SMILES string of the molecule is C[C@@H]1CCCC[C@@]12NC(=O)N(CC(=O)N1CCN(S(=O)(=O)c3ccc4c(c3)CCC4)CC1)C2=O. The molecule has 0 radical (unpaired) electrons. The summed E-state index contributed by atoms with van der Waals surface area (Å²) in [6.07, 6.45) is 6.33. The number of benzene rings is 1. The van der Waals surface area contributed by atoms with Crippen LogP contribution in [0.2, 0.25) is 0 Å². The Balaban J connectivity index is 1.21. The molecule has 10 heteroatoms. The molecule has 5 rings (SSSR count). The maximum absolute atomic E-state index is 13.1. The van der Waals surface area contributed by atoms with E-state index in [0.29, 0.717) is 11.3 Å². The van der Waals surface area contributed by atoms with Crippen LogP contribution in [0.1, 0.15) is 50.2 Å². The Morgan fingerprint density at radius 2 is 1.79 bits per heavy atom. The first-order valence-corrected chi connectivity index (χ1v) is 13.7. The number of carbonyl (C=O) groups excluding carboxylic acids is 3. The second kappa shape index (κ2) is 8.64. The molecular formula is C24H32N4O5S. The summed E-state index contributed by atoms with van der Waals surface area (Å²) in [6.45, 7) is 2.50. The van der Waals surface area contributed by atoms with Gasteiger partial charge in [0.1, 0.15) is 12.1 Å². The Bertz CT molecular complexity index is 1130. The molecule has 2 atom stereocenters. The molecule has 0 aromatic heterocycles. The lowest BCUT2D eigenvalue weighted by molar-refractivity contribution is -0.141. The molecule has 2 heterocycles. The standard InChI is InChI=1S/C24H32N4O5S/c1-17-5-2-3-10-24(17)22(30)28(23(31)25-24)16-21(29)26-11-13-27(14-12-26)34(32,33)20-9-8-18-6-4-7-19(18)15-20/h8-9,15,17H,2-7,10-14,16H2,1H3,(H,25,31)/t17-,24-/m1/s1. The first kappa shape index (κ1) is 23.3. The number of nitrogens with zero attached hydrogens (tertiary/aromatic N) is 3. The Morgan fingerprint density at radius 1 is 1.06 bits per heavy atom. The van der Waals surface area contributed by atoms with Crippen molar-refractivity contribution in [2.75, 3.05) is 32.7 Å². The summed E-state index contributed by atoms with van der Waals surface area (Å²) in [6, 6.07) is 4.86. The quantitative estimate of drug-likeness (QED) is 0.647. The van der Waals surface area contributed by atoms with Gasteiger partial charge < -0.3 is 10.2 Å². The molecule has 1 spiro atoms. The molecule has 1 aromatic rings. The number of aryl methyl sites for hydroxylation is 2. The summed E-state index contributed by atoms with van der Waals surface area (Å²) in [4.78, 5) is 41.5. The molecule has 2 aliphatic carbocycles. The lowest BCUT2D eigenvalue weighted by Crippen LogP contribution is -2.55. The van der Waals surface area contributed by atoms with Gasteiger partial charge in [0.25, 0.3) is 5.91 Å². The van der Waals surface area contributed by atoms with Gasteiger partial charge in [-0.3, -0.25) is 14.5 Å². The second-order valence-corrected chi connectivity index (χ2v) is 11.9. The van der Waals surface area contributed by atoms with Crippen LogP contribution >= 0.6 is 0 Å². The number of sulfonamides is 1. The van der Waals surface area contributed by atoms with Crippen LogP contribution in [0, 0.1) is 5.92 Å². The minimum absolute atomic E-state index is 0.0331. The third kappa shape index (κ3) is 3.80. The highest BCUT2D eigenvalue weighted by molar-refractivity contribution is 7.89. The first-order valence-electron chi connectivity index (χ1n) is 12.3. The summed E-state index contributed by atoms with van der Waals surface area (Å²) >= 11 is 0. The summed E-state index contributed by atoms with van der Waals surface area (Å²) in [5.74, 6) is -0.611. The van der Waals surface area contributed by atoms with Crippen LogP contribution in [0.25, 0.3) is 0 Å². The van der Waals surface area contributed by atoms with Crippen molar-refractivity contribution in [3.63, 3.8) is 0 Å². The zero-order valence-electron chi connectivity index (χ0n) is 19.6. The van der Waals surface area contributed by atoms with Crippen LogP contribution in [0.3, 0.4) is 0 Å². The van der Waals surface area contributed by atoms with E-state index in [9.17, 15) is 22.8 Å². The molecule has 1 saturated carbocycles. The maximum atomic E-state index is 13.1. The van der Waals surface area contributed by atoms with Crippen molar-refractivity contribution in [1.29, 1.82) is 0 Å². The average Bonchev–Trinajstić information content (AvgIpc) is 3.39. The second-order valence-electron chi connectivity index (χ2n) is 10.0. The molecule has 0 bridgehead atoms. The molecule has 2 aliphatic heterocycles. The van der Waals surface area contributed by atoms with E-state index in [1.54, 1.807) is 17.0 Å². The number of piperazine rings is 1. The maximum Gasteiger partial charge on any atom is 0.325 e. The predicted molar refractivity (Wildman–Crippen MR) is 124 cm³/mol. The zero-order valence-corrected chi connectivity index (χ0v) is 20.4. The molecule has 0 unspecified atom stereocenters. The summed E-state index contributed by atoms with van der Waals surface area (Å²) in [5.41, 5.74) is 1.44. The van der Waals surface area contributed by atoms with Gasteiger partial charge in [-0.05, 0) is 61.3 Å². The van der Waals surface area contributed by atoms with Gasteiger partial charge in [-0.25, -0.2) is 13.2 Å². The number of carbonyl (C=O) groups is 3. The van der Waals surface area contributed by atoms with Crippen molar-refractivity contribution in [2.24, 2.45) is 5.92 Å². The van der Waals surface area contributed by atoms with Crippen LogP contribution in [0.15, 0.2) is 23.1 Å². The van der Waals surface area contributed by atoms with Crippen LogP contribution in [-0.2, 0) is 32.5 Å². The minimum Gasteiger partial charge on any atom is -0.338 e. The van der Waals surface area contributed by atoms with Crippen LogP contribution in [0.5, 0.6) is 0 Å². The van der Waals surface area contributed by atoms with Crippen LogP contribution in [0.4, 0.5) is 4.79 Å². The van der Waals surface area contributed by atoms with Gasteiger partial charge in [0.05, 0.1) is 4.90 Å². The Morgan fingerprint density at radius 3 is 2.53 bits per heavy atom. The average molecular weight is 489 g/mol. The predicted octanol–water partition coefficient (Wildman–Crippen LogP) is 1.51. The zero-order chi connectivity index (χ0) is 24.1. The Labute approximate surface area is 200 Å². The third-order valence-corrected chi connectivity index (χ3v) is 9.99. The Hall–Kier alpha value is -2.46. The highest BCUT2D eigenvalue weighted by Crippen LogP contribution is 2.38. The number of hydrogen-bond acceptors (Lipinski definition) is 5. The van der Waals surface area contributed by atoms with Gasteiger partial charge in [-0.15, -0.1) is 0 Å². The van der Waals surface area contributed by atoms with Crippen LogP contribution < -0.4 is 5.32 Å². The van der Waals surface area contributed by atoms with E-state index >= 15 is 0 Å². The van der Waals surface area contributed by atoms with Crippen LogP contribution in [-0.4, -0.2) is 78.6 Å². The minimum atomic E-state index is -3.63. The van der Waals surface area contributed by atoms with Gasteiger partial charge in [0.2, 0.25) is 15.9 Å². The molecule has 4 amide bonds. The van der Waals surface area contributed by atoms with E-state index in [4.69, 9.17) is 0 Å². The first-order chi connectivity index (χ1) is 16.2. The number of fused-ring (bicyclic) bond motifs is 1. The topological polar surface area (TPSA) is 107 Å². The monoisotopic (exact) mass is 488 g/mol. The van der Waals surface area contributed by atoms with E-state index in [0.717, 1.165) is 49.0 Å². The summed E-state index contributed by atoms with van der Waals surface area (Å²) < 4.78 is 27.7. The van der Waals surface area contributed by atoms with Crippen molar-refractivity contribution in [1.82, 2.24) is 19.4 Å². The third-order valence-electron chi connectivity index (χ3n) is 8.09. The van der Waals surface area contributed by atoms with Gasteiger partial charge in [0, 0.05) is 26.2 Å². The Kier molecular flexibility index (Phi) is 5.92. The normalized spacial score (nSPS) is 27.9. The van der Waals surface area contributed by atoms with Crippen molar-refractivity contribution < 1.29 is 22.8 Å². The van der Waals surface area contributed by atoms with Gasteiger partial charge in [0.15, 0.2) is 0 Å². The number of hydrogen-bond donors (Lipinski definition) is 1. The van der Waals surface area contributed by atoms with E-state index in [1.165, 1.54) is 9.87 Å². The van der Waals surface area contributed by atoms with E-state index in [-0.39, 0.29) is 50.5 Å². The lowest BCUT2D eigenvalue weighted by atomic mass is 9.73. The van der Waals surface area contributed by atoms with Gasteiger partial charge >= 0.3 is 6.03 Å².